The Labute approximate surface area is 105 Å². The summed E-state index contributed by atoms with van der Waals surface area (Å²) in [6.45, 7) is 6.63. The fraction of sp³-hybridized carbons (Fsp3) is 0.857. The standard InChI is InChI=1S/C14H25N3/c1-14(2,3)17-11-15-16-13(17)10-9-12-7-5-4-6-8-12/h11-12H,4-10H2,1-3H3. The first-order valence-electron chi connectivity index (χ1n) is 6.97. The summed E-state index contributed by atoms with van der Waals surface area (Å²) in [5.74, 6) is 2.08. The van der Waals surface area contributed by atoms with Gasteiger partial charge < -0.3 is 4.57 Å². The van der Waals surface area contributed by atoms with E-state index >= 15 is 0 Å². The molecule has 1 aliphatic carbocycles. The second-order valence-electron chi connectivity index (χ2n) is 6.33. The van der Waals surface area contributed by atoms with E-state index in [1.165, 1.54) is 38.5 Å². The highest BCUT2D eigenvalue weighted by Crippen LogP contribution is 2.27. The maximum Gasteiger partial charge on any atom is 0.133 e. The second kappa shape index (κ2) is 5.19. The molecule has 1 heterocycles. The number of hydrogen-bond acceptors (Lipinski definition) is 2. The molecule has 3 heteroatoms. The van der Waals surface area contributed by atoms with Crippen molar-refractivity contribution in [3.63, 3.8) is 0 Å². The Balaban J connectivity index is 1.92. The van der Waals surface area contributed by atoms with E-state index in [9.17, 15) is 0 Å². The minimum atomic E-state index is 0.103. The van der Waals surface area contributed by atoms with Crippen LogP contribution in [0.4, 0.5) is 0 Å². The highest BCUT2D eigenvalue weighted by molar-refractivity contribution is 4.92. The first kappa shape index (κ1) is 12.6. The molecule has 1 aliphatic rings. The summed E-state index contributed by atoms with van der Waals surface area (Å²) in [6.07, 6.45) is 11.4. The average molecular weight is 235 g/mol. The molecule has 0 N–H and O–H groups in total. The van der Waals surface area contributed by atoms with Gasteiger partial charge in [-0.25, -0.2) is 0 Å². The highest BCUT2D eigenvalue weighted by Gasteiger charge is 2.19. The number of hydrogen-bond donors (Lipinski definition) is 0. The molecule has 3 nitrogen and oxygen atoms in total. The number of rotatable bonds is 3. The van der Waals surface area contributed by atoms with Crippen molar-refractivity contribution in [3.8, 4) is 0 Å². The van der Waals surface area contributed by atoms with Gasteiger partial charge in [0.1, 0.15) is 12.2 Å². The molecule has 0 saturated heterocycles. The van der Waals surface area contributed by atoms with E-state index in [0.717, 1.165) is 18.2 Å². The number of nitrogens with zero attached hydrogens (tertiary/aromatic N) is 3. The Morgan fingerprint density at radius 2 is 1.94 bits per heavy atom. The molecule has 0 amide bonds. The van der Waals surface area contributed by atoms with Crippen molar-refractivity contribution in [2.75, 3.05) is 0 Å². The summed E-state index contributed by atoms with van der Waals surface area (Å²) < 4.78 is 2.22. The third-order valence-electron chi connectivity index (χ3n) is 3.84. The van der Waals surface area contributed by atoms with Crippen LogP contribution in [0, 0.1) is 5.92 Å². The van der Waals surface area contributed by atoms with E-state index < -0.39 is 0 Å². The lowest BCUT2D eigenvalue weighted by atomic mass is 9.86. The van der Waals surface area contributed by atoms with Gasteiger partial charge in [0.2, 0.25) is 0 Å². The molecule has 96 valence electrons. The third kappa shape index (κ3) is 3.30. The van der Waals surface area contributed by atoms with E-state index in [0.29, 0.717) is 0 Å². The maximum absolute atomic E-state index is 4.28. The van der Waals surface area contributed by atoms with Crippen LogP contribution in [-0.4, -0.2) is 14.8 Å². The van der Waals surface area contributed by atoms with Crippen LogP contribution in [0.5, 0.6) is 0 Å². The number of aryl methyl sites for hydroxylation is 1. The summed E-state index contributed by atoms with van der Waals surface area (Å²) >= 11 is 0. The normalized spacial score (nSPS) is 18.5. The molecule has 1 fully saturated rings. The van der Waals surface area contributed by atoms with E-state index in [4.69, 9.17) is 0 Å². The Morgan fingerprint density at radius 3 is 2.59 bits per heavy atom. The average Bonchev–Trinajstić information content (AvgIpc) is 2.75. The van der Waals surface area contributed by atoms with Crippen LogP contribution >= 0.6 is 0 Å². The molecule has 1 aromatic rings. The Bertz CT molecular complexity index is 343. The molecule has 0 atom stereocenters. The predicted octanol–water partition coefficient (Wildman–Crippen LogP) is 3.55. The smallest absolute Gasteiger partial charge is 0.133 e. The highest BCUT2D eigenvalue weighted by atomic mass is 15.3. The summed E-state index contributed by atoms with van der Waals surface area (Å²) in [4.78, 5) is 0. The summed E-state index contributed by atoms with van der Waals surface area (Å²) in [6, 6.07) is 0. The Morgan fingerprint density at radius 1 is 1.24 bits per heavy atom. The van der Waals surface area contributed by atoms with Gasteiger partial charge in [-0.1, -0.05) is 32.1 Å². The zero-order chi connectivity index (χ0) is 12.3. The first-order chi connectivity index (χ1) is 8.07. The minimum absolute atomic E-state index is 0.103. The Kier molecular flexibility index (Phi) is 3.85. The molecular formula is C14H25N3. The second-order valence-corrected chi connectivity index (χ2v) is 6.33. The van der Waals surface area contributed by atoms with Crippen LogP contribution in [0.1, 0.15) is 65.1 Å². The van der Waals surface area contributed by atoms with Crippen LogP contribution in [-0.2, 0) is 12.0 Å². The van der Waals surface area contributed by atoms with Gasteiger partial charge in [0, 0.05) is 12.0 Å². The molecule has 1 aromatic heterocycles. The van der Waals surface area contributed by atoms with Crippen LogP contribution in [0.2, 0.25) is 0 Å². The fourth-order valence-corrected chi connectivity index (χ4v) is 2.80. The van der Waals surface area contributed by atoms with Gasteiger partial charge in [0.25, 0.3) is 0 Å². The van der Waals surface area contributed by atoms with Gasteiger partial charge in [-0.3, -0.25) is 0 Å². The first-order valence-corrected chi connectivity index (χ1v) is 6.97. The van der Waals surface area contributed by atoms with Crippen molar-refractivity contribution in [3.05, 3.63) is 12.2 Å². The molecule has 0 aromatic carbocycles. The van der Waals surface area contributed by atoms with Gasteiger partial charge in [-0.15, -0.1) is 10.2 Å². The lowest BCUT2D eigenvalue weighted by Gasteiger charge is -2.24. The van der Waals surface area contributed by atoms with Crippen molar-refractivity contribution < 1.29 is 0 Å². The van der Waals surface area contributed by atoms with Crippen molar-refractivity contribution in [2.24, 2.45) is 5.92 Å². The van der Waals surface area contributed by atoms with Gasteiger partial charge in [0.05, 0.1) is 0 Å². The SMILES string of the molecule is CC(C)(C)n1cnnc1CCC1CCCCC1. The molecule has 0 unspecified atom stereocenters. The molecule has 0 spiro atoms. The molecule has 17 heavy (non-hydrogen) atoms. The zero-order valence-corrected chi connectivity index (χ0v) is 11.4. The molecular weight excluding hydrogens is 210 g/mol. The summed E-state index contributed by atoms with van der Waals surface area (Å²) in [5, 5.41) is 8.35. The largest absolute Gasteiger partial charge is 0.312 e. The number of aromatic nitrogens is 3. The van der Waals surface area contributed by atoms with Gasteiger partial charge in [-0.2, -0.15) is 0 Å². The zero-order valence-electron chi connectivity index (χ0n) is 11.4. The Hall–Kier alpha value is -0.860. The maximum atomic E-state index is 4.28. The third-order valence-corrected chi connectivity index (χ3v) is 3.84. The van der Waals surface area contributed by atoms with Crippen molar-refractivity contribution in [1.82, 2.24) is 14.8 Å². The van der Waals surface area contributed by atoms with Crippen LogP contribution in [0.3, 0.4) is 0 Å². The van der Waals surface area contributed by atoms with Crippen molar-refractivity contribution >= 4 is 0 Å². The quantitative estimate of drug-likeness (QED) is 0.802. The molecule has 0 bridgehead atoms. The lowest BCUT2D eigenvalue weighted by molar-refractivity contribution is 0.327. The van der Waals surface area contributed by atoms with Crippen LogP contribution in [0.15, 0.2) is 6.33 Å². The van der Waals surface area contributed by atoms with Crippen LogP contribution < -0.4 is 0 Å². The van der Waals surface area contributed by atoms with E-state index in [1.54, 1.807) is 0 Å². The van der Waals surface area contributed by atoms with Gasteiger partial charge in [-0.05, 0) is 33.1 Å². The molecule has 2 rings (SSSR count). The van der Waals surface area contributed by atoms with Crippen LogP contribution in [0.25, 0.3) is 0 Å². The fourth-order valence-electron chi connectivity index (χ4n) is 2.80. The van der Waals surface area contributed by atoms with E-state index in [1.807, 2.05) is 6.33 Å². The van der Waals surface area contributed by atoms with Crippen molar-refractivity contribution in [2.45, 2.75) is 71.3 Å². The summed E-state index contributed by atoms with van der Waals surface area (Å²) in [7, 11) is 0. The monoisotopic (exact) mass is 235 g/mol. The van der Waals surface area contributed by atoms with Crippen molar-refractivity contribution in [1.29, 1.82) is 0 Å². The van der Waals surface area contributed by atoms with Gasteiger partial charge in [0.15, 0.2) is 0 Å². The van der Waals surface area contributed by atoms with E-state index in [2.05, 4.69) is 35.5 Å². The minimum Gasteiger partial charge on any atom is -0.312 e. The van der Waals surface area contributed by atoms with Gasteiger partial charge >= 0.3 is 0 Å². The van der Waals surface area contributed by atoms with E-state index in [-0.39, 0.29) is 5.54 Å². The predicted molar refractivity (Wildman–Crippen MR) is 69.9 cm³/mol. The molecule has 0 radical (unpaired) electrons. The topological polar surface area (TPSA) is 30.7 Å². The lowest BCUT2D eigenvalue weighted by Crippen LogP contribution is -2.23. The molecule has 1 saturated carbocycles. The summed E-state index contributed by atoms with van der Waals surface area (Å²) in [5.41, 5.74) is 0.103. The molecule has 0 aliphatic heterocycles.